The van der Waals surface area contributed by atoms with Gasteiger partial charge in [-0.25, -0.2) is 17.6 Å². The van der Waals surface area contributed by atoms with E-state index in [1.807, 2.05) is 0 Å². The topological polar surface area (TPSA) is 17.1 Å². The summed E-state index contributed by atoms with van der Waals surface area (Å²) in [4.78, 5) is 10.4. The van der Waals surface area contributed by atoms with Crippen molar-refractivity contribution in [3.8, 4) is 0 Å². The Hall–Kier alpha value is -0.470. The van der Waals surface area contributed by atoms with E-state index in [1.54, 1.807) is 0 Å². The predicted molar refractivity (Wildman–Crippen MR) is 53.2 cm³/mol. The van der Waals surface area contributed by atoms with E-state index in [4.69, 9.17) is 0 Å². The van der Waals surface area contributed by atoms with E-state index in [9.17, 15) is 35.5 Å². The molecule has 0 spiro atoms. The molecule has 0 aliphatic heterocycles. The molecule has 0 radical (unpaired) electrons. The third-order valence-electron chi connectivity index (χ3n) is 1.93. The van der Waals surface area contributed by atoms with Gasteiger partial charge in [-0.3, -0.25) is 4.79 Å². The van der Waals surface area contributed by atoms with E-state index in [2.05, 4.69) is 0 Å². The van der Waals surface area contributed by atoms with Crippen molar-refractivity contribution in [1.29, 1.82) is 0 Å². The lowest BCUT2D eigenvalue weighted by atomic mass is 10.0. The van der Waals surface area contributed by atoms with Crippen LogP contribution in [0.25, 0.3) is 0 Å². The summed E-state index contributed by atoms with van der Waals surface area (Å²) in [5.74, 6) is -4.49. The minimum absolute atomic E-state index is 0.0827. The van der Waals surface area contributed by atoms with E-state index < -0.39 is 30.9 Å². The molecule has 9 heteroatoms. The fourth-order valence-corrected chi connectivity index (χ4v) is 1.62. The molecule has 2 unspecified atom stereocenters. The van der Waals surface area contributed by atoms with E-state index in [0.717, 1.165) is 0 Å². The Morgan fingerprint density at radius 3 is 2.00 bits per heavy atom. The van der Waals surface area contributed by atoms with Gasteiger partial charge in [-0.1, -0.05) is 11.8 Å². The molecule has 0 rings (SSSR count). The van der Waals surface area contributed by atoms with Crippen LogP contribution in [0.4, 0.5) is 30.7 Å². The molecule has 0 fully saturated rings. The number of rotatable bonds is 6. The number of alkyl halides is 7. The Kier molecular flexibility index (Phi) is 6.45. The van der Waals surface area contributed by atoms with Crippen molar-refractivity contribution < 1.29 is 35.5 Å². The highest BCUT2D eigenvalue weighted by Crippen LogP contribution is 2.37. The summed E-state index contributed by atoms with van der Waals surface area (Å²) in [5, 5.41) is -0.353. The van der Waals surface area contributed by atoms with Crippen LogP contribution in [0.2, 0.25) is 0 Å². The van der Waals surface area contributed by atoms with Crippen LogP contribution in [0.1, 0.15) is 19.8 Å². The maximum atomic E-state index is 12.9. The molecule has 0 aromatic carbocycles. The van der Waals surface area contributed by atoms with Gasteiger partial charge < -0.3 is 0 Å². The van der Waals surface area contributed by atoms with Gasteiger partial charge in [-0.2, -0.15) is 13.2 Å². The molecule has 0 saturated carbocycles. The number of halogens is 7. The molecule has 0 saturated heterocycles. The first kappa shape index (κ1) is 17.5. The lowest BCUT2D eigenvalue weighted by Crippen LogP contribution is -2.44. The molecule has 108 valence electrons. The fourth-order valence-electron chi connectivity index (χ4n) is 1.04. The van der Waals surface area contributed by atoms with Crippen molar-refractivity contribution in [1.82, 2.24) is 0 Å². The van der Waals surface area contributed by atoms with Crippen LogP contribution in [-0.2, 0) is 4.79 Å². The minimum atomic E-state index is -5.66. The molecule has 0 aromatic rings. The normalized spacial score (nSPS) is 16.4. The van der Waals surface area contributed by atoms with Crippen LogP contribution in [-0.4, -0.2) is 35.3 Å². The largest absolute Gasteiger partial charge is 0.422 e. The maximum absolute atomic E-state index is 12.9. The zero-order valence-corrected chi connectivity index (χ0v) is 10.1. The average molecular weight is 300 g/mol. The zero-order chi connectivity index (χ0) is 14.6. The van der Waals surface area contributed by atoms with Crippen molar-refractivity contribution in [3.05, 3.63) is 0 Å². The van der Waals surface area contributed by atoms with E-state index in [0.29, 0.717) is 11.8 Å². The van der Waals surface area contributed by atoms with Crippen molar-refractivity contribution in [2.45, 2.75) is 44.2 Å². The number of carbonyl (C=O) groups excluding carboxylic acids is 1. The molecule has 0 bridgehead atoms. The van der Waals surface area contributed by atoms with Gasteiger partial charge in [0.1, 0.15) is 0 Å². The second-order valence-electron chi connectivity index (χ2n) is 3.55. The van der Waals surface area contributed by atoms with Crippen LogP contribution in [0, 0.1) is 0 Å². The summed E-state index contributed by atoms with van der Waals surface area (Å²) < 4.78 is 86.1. The fraction of sp³-hybridized carbons (Fsp3) is 0.889. The number of hydrogen-bond acceptors (Lipinski definition) is 2. The molecular formula is C9H11F7OS. The molecule has 1 nitrogen and oxygen atoms in total. The van der Waals surface area contributed by atoms with Crippen LogP contribution in [0.3, 0.4) is 0 Å². The Morgan fingerprint density at radius 1 is 1.11 bits per heavy atom. The molecule has 0 aliphatic carbocycles. The lowest BCUT2D eigenvalue weighted by molar-refractivity contribution is -0.227. The van der Waals surface area contributed by atoms with E-state index >= 15 is 0 Å². The quantitative estimate of drug-likeness (QED) is 0.546. The molecule has 0 heterocycles. The molecule has 0 N–H and O–H groups in total. The Labute approximate surface area is 103 Å². The van der Waals surface area contributed by atoms with Gasteiger partial charge in [0.15, 0.2) is 5.12 Å². The highest BCUT2D eigenvalue weighted by Gasteiger charge is 2.55. The van der Waals surface area contributed by atoms with Crippen molar-refractivity contribution in [3.63, 3.8) is 0 Å². The minimum Gasteiger partial charge on any atom is -0.288 e. The first-order valence-corrected chi connectivity index (χ1v) is 5.83. The van der Waals surface area contributed by atoms with Crippen molar-refractivity contribution in [2.75, 3.05) is 5.75 Å². The lowest BCUT2D eigenvalue weighted by Gasteiger charge is -2.24. The van der Waals surface area contributed by atoms with Crippen LogP contribution in [0.5, 0.6) is 0 Å². The summed E-state index contributed by atoms with van der Waals surface area (Å²) in [7, 11) is 0. The Balaban J connectivity index is 4.31. The summed E-state index contributed by atoms with van der Waals surface area (Å²) >= 11 is 0.687. The predicted octanol–water partition coefficient (Wildman–Crippen LogP) is 3.92. The zero-order valence-electron chi connectivity index (χ0n) is 9.24. The van der Waals surface area contributed by atoms with Gasteiger partial charge in [-0.15, -0.1) is 0 Å². The molecule has 2 atom stereocenters. The summed E-state index contributed by atoms with van der Waals surface area (Å²) in [6, 6.07) is 0. The van der Waals surface area contributed by atoms with Crippen molar-refractivity contribution in [2.24, 2.45) is 0 Å². The monoisotopic (exact) mass is 300 g/mol. The van der Waals surface area contributed by atoms with Gasteiger partial charge in [0.2, 0.25) is 12.3 Å². The second-order valence-corrected chi connectivity index (χ2v) is 4.82. The van der Waals surface area contributed by atoms with Gasteiger partial charge >= 0.3 is 6.18 Å². The molecule has 18 heavy (non-hydrogen) atoms. The van der Waals surface area contributed by atoms with Gasteiger partial charge in [0.25, 0.3) is 5.92 Å². The molecule has 0 aromatic heterocycles. The van der Waals surface area contributed by atoms with Gasteiger partial charge in [0.05, 0.1) is 0 Å². The van der Waals surface area contributed by atoms with Crippen molar-refractivity contribution >= 4 is 16.9 Å². The molecule has 0 aliphatic rings. The first-order valence-electron chi connectivity index (χ1n) is 4.84. The van der Waals surface area contributed by atoms with E-state index in [-0.39, 0.29) is 17.3 Å². The smallest absolute Gasteiger partial charge is 0.288 e. The van der Waals surface area contributed by atoms with E-state index in [1.165, 1.54) is 6.92 Å². The highest BCUT2D eigenvalue weighted by molar-refractivity contribution is 8.13. The summed E-state index contributed by atoms with van der Waals surface area (Å²) in [5.41, 5.74) is 0. The highest BCUT2D eigenvalue weighted by atomic mass is 32.2. The van der Waals surface area contributed by atoms with Crippen LogP contribution >= 0.6 is 11.8 Å². The van der Waals surface area contributed by atoms with Crippen LogP contribution in [0.15, 0.2) is 0 Å². The number of thioether (sulfide) groups is 1. The third kappa shape index (κ3) is 5.92. The van der Waals surface area contributed by atoms with Gasteiger partial charge in [0, 0.05) is 19.1 Å². The SMILES string of the molecule is CC(=O)SCCCC(F)(F)C(F)C(F)C(F)(F)F. The number of hydrogen-bond donors (Lipinski definition) is 0. The van der Waals surface area contributed by atoms with Gasteiger partial charge in [-0.05, 0) is 6.42 Å². The molecular weight excluding hydrogens is 289 g/mol. The van der Waals surface area contributed by atoms with Crippen LogP contribution < -0.4 is 0 Å². The molecule has 0 amide bonds. The standard InChI is InChI=1S/C9H11F7OS/c1-5(17)18-4-2-3-8(12,13)6(10)7(11)9(14,15)16/h6-7H,2-4H2,1H3. The Bertz CT molecular complexity index is 279. The second kappa shape index (κ2) is 6.63. The summed E-state index contributed by atoms with van der Waals surface area (Å²) in [6.07, 6.45) is -15.4. The maximum Gasteiger partial charge on any atom is 0.422 e. The number of carbonyl (C=O) groups is 1. The average Bonchev–Trinajstić information content (AvgIpc) is 2.20. The first-order chi connectivity index (χ1) is 7.98. The third-order valence-corrected chi connectivity index (χ3v) is 2.83. The summed E-state index contributed by atoms with van der Waals surface area (Å²) in [6.45, 7) is 1.18. The Morgan fingerprint density at radius 2 is 1.61 bits per heavy atom.